The molecule has 0 bridgehead atoms. The number of pyridine rings is 1. The molecule has 22 heavy (non-hydrogen) atoms. The second-order valence-electron chi connectivity index (χ2n) is 4.89. The van der Waals surface area contributed by atoms with Crippen LogP contribution in [0.4, 0.5) is 0 Å². The summed E-state index contributed by atoms with van der Waals surface area (Å²) in [5.74, 6) is -0.158. The lowest BCUT2D eigenvalue weighted by molar-refractivity contribution is 0.0946. The van der Waals surface area contributed by atoms with Crippen molar-refractivity contribution >= 4 is 17.2 Å². The number of hydrogen-bond acceptors (Lipinski definition) is 4. The van der Waals surface area contributed by atoms with E-state index in [0.29, 0.717) is 12.2 Å². The molecule has 0 saturated carbocycles. The lowest BCUT2D eigenvalue weighted by atomic mass is 10.1. The number of carbonyl (C=O) groups is 1. The Morgan fingerprint density at radius 2 is 2.09 bits per heavy atom. The Morgan fingerprint density at radius 1 is 1.23 bits per heavy atom. The quantitative estimate of drug-likeness (QED) is 0.803. The fraction of sp³-hybridized carbons (Fsp3) is 0.118. The Bertz CT molecular complexity index is 783. The normalized spacial score (nSPS) is 10.4. The van der Waals surface area contributed by atoms with E-state index in [0.717, 1.165) is 21.7 Å². The maximum atomic E-state index is 12.2. The van der Waals surface area contributed by atoms with Gasteiger partial charge in [0, 0.05) is 29.9 Å². The second-order valence-corrected chi connectivity index (χ2v) is 5.75. The molecule has 0 unspecified atom stereocenters. The summed E-state index contributed by atoms with van der Waals surface area (Å²) in [4.78, 5) is 20.6. The number of benzene rings is 1. The van der Waals surface area contributed by atoms with Gasteiger partial charge in [-0.3, -0.25) is 9.78 Å². The molecule has 2 aromatic heterocycles. The molecule has 0 saturated heterocycles. The number of hydrogen-bond donors (Lipinski definition) is 1. The van der Waals surface area contributed by atoms with E-state index in [1.54, 1.807) is 17.8 Å². The first-order valence-corrected chi connectivity index (χ1v) is 7.80. The van der Waals surface area contributed by atoms with E-state index in [2.05, 4.69) is 15.3 Å². The van der Waals surface area contributed by atoms with Crippen molar-refractivity contribution in [2.45, 2.75) is 13.5 Å². The summed E-state index contributed by atoms with van der Waals surface area (Å²) in [5, 5.41) is 5.48. The van der Waals surface area contributed by atoms with Crippen LogP contribution in [-0.4, -0.2) is 15.9 Å². The maximum absolute atomic E-state index is 12.2. The zero-order valence-electron chi connectivity index (χ0n) is 12.1. The zero-order chi connectivity index (χ0) is 15.4. The first-order chi connectivity index (χ1) is 10.7. The zero-order valence-corrected chi connectivity index (χ0v) is 12.9. The SMILES string of the molecule is Cc1ccccc1CNC(=O)c1csc(-c2cccnc2)n1. The van der Waals surface area contributed by atoms with Crippen molar-refractivity contribution in [1.82, 2.24) is 15.3 Å². The molecule has 2 heterocycles. The van der Waals surface area contributed by atoms with Gasteiger partial charge in [-0.15, -0.1) is 11.3 Å². The third-order valence-electron chi connectivity index (χ3n) is 3.35. The summed E-state index contributed by atoms with van der Waals surface area (Å²) in [6.07, 6.45) is 3.46. The molecule has 0 spiro atoms. The molecule has 0 fully saturated rings. The Morgan fingerprint density at radius 3 is 2.86 bits per heavy atom. The van der Waals surface area contributed by atoms with E-state index in [9.17, 15) is 4.79 Å². The van der Waals surface area contributed by atoms with Crippen molar-refractivity contribution in [3.8, 4) is 10.6 Å². The van der Waals surface area contributed by atoms with Crippen LogP contribution in [-0.2, 0) is 6.54 Å². The molecule has 3 rings (SSSR count). The molecule has 1 aromatic carbocycles. The topological polar surface area (TPSA) is 54.9 Å². The molecule has 1 amide bonds. The van der Waals surface area contributed by atoms with Crippen LogP contribution in [0.1, 0.15) is 21.6 Å². The second kappa shape index (κ2) is 6.49. The van der Waals surface area contributed by atoms with Gasteiger partial charge >= 0.3 is 0 Å². The summed E-state index contributed by atoms with van der Waals surface area (Å²) >= 11 is 1.44. The molecule has 1 N–H and O–H groups in total. The molecule has 110 valence electrons. The summed E-state index contributed by atoms with van der Waals surface area (Å²) in [5.41, 5.74) is 3.64. The fourth-order valence-corrected chi connectivity index (χ4v) is 2.87. The molecule has 5 heteroatoms. The monoisotopic (exact) mass is 309 g/mol. The average Bonchev–Trinajstić information content (AvgIpc) is 3.05. The van der Waals surface area contributed by atoms with Gasteiger partial charge in [0.25, 0.3) is 5.91 Å². The van der Waals surface area contributed by atoms with Crippen molar-refractivity contribution in [2.75, 3.05) is 0 Å². The minimum Gasteiger partial charge on any atom is -0.347 e. The van der Waals surface area contributed by atoms with Crippen LogP contribution in [0.2, 0.25) is 0 Å². The van der Waals surface area contributed by atoms with Gasteiger partial charge in [-0.05, 0) is 30.2 Å². The van der Waals surface area contributed by atoms with E-state index in [-0.39, 0.29) is 5.91 Å². The minimum atomic E-state index is -0.158. The highest BCUT2D eigenvalue weighted by Crippen LogP contribution is 2.22. The Kier molecular flexibility index (Phi) is 4.25. The van der Waals surface area contributed by atoms with Crippen molar-refractivity contribution in [3.63, 3.8) is 0 Å². The summed E-state index contributed by atoms with van der Waals surface area (Å²) in [6.45, 7) is 2.54. The molecule has 0 aliphatic rings. The van der Waals surface area contributed by atoms with Crippen LogP contribution >= 0.6 is 11.3 Å². The number of rotatable bonds is 4. The Hall–Kier alpha value is -2.53. The van der Waals surface area contributed by atoms with Crippen molar-refractivity contribution in [1.29, 1.82) is 0 Å². The lowest BCUT2D eigenvalue weighted by Gasteiger charge is -2.06. The molecule has 4 nitrogen and oxygen atoms in total. The van der Waals surface area contributed by atoms with Gasteiger partial charge in [0.15, 0.2) is 0 Å². The van der Waals surface area contributed by atoms with E-state index in [1.165, 1.54) is 11.3 Å². The standard InChI is InChI=1S/C17H15N3OS/c1-12-5-2-3-6-13(12)10-19-16(21)15-11-22-17(20-15)14-7-4-8-18-9-14/h2-9,11H,10H2,1H3,(H,19,21). The van der Waals surface area contributed by atoms with E-state index in [1.807, 2.05) is 43.3 Å². The Labute approximate surface area is 132 Å². The van der Waals surface area contributed by atoms with Crippen molar-refractivity contribution < 1.29 is 4.79 Å². The molecule has 3 aromatic rings. The first-order valence-electron chi connectivity index (χ1n) is 6.92. The highest BCUT2D eigenvalue weighted by Gasteiger charge is 2.12. The highest BCUT2D eigenvalue weighted by atomic mass is 32.1. The van der Waals surface area contributed by atoms with Gasteiger partial charge in [-0.1, -0.05) is 24.3 Å². The smallest absolute Gasteiger partial charge is 0.271 e. The van der Waals surface area contributed by atoms with Gasteiger partial charge in [0.1, 0.15) is 10.7 Å². The summed E-state index contributed by atoms with van der Waals surface area (Å²) in [7, 11) is 0. The first kappa shape index (κ1) is 14.4. The molecular formula is C17H15N3OS. The maximum Gasteiger partial charge on any atom is 0.271 e. The van der Waals surface area contributed by atoms with Crippen molar-refractivity contribution in [3.05, 3.63) is 71.0 Å². The largest absolute Gasteiger partial charge is 0.347 e. The van der Waals surface area contributed by atoms with Crippen molar-refractivity contribution in [2.24, 2.45) is 0 Å². The van der Waals surface area contributed by atoms with Crippen LogP contribution in [0.15, 0.2) is 54.2 Å². The molecule has 0 aliphatic carbocycles. The van der Waals surface area contributed by atoms with Gasteiger partial charge in [0.2, 0.25) is 0 Å². The number of amides is 1. The number of aromatic nitrogens is 2. The Balaban J connectivity index is 1.69. The predicted molar refractivity (Wildman–Crippen MR) is 87.7 cm³/mol. The number of nitrogens with one attached hydrogen (secondary N) is 1. The number of thiazole rings is 1. The highest BCUT2D eigenvalue weighted by molar-refractivity contribution is 7.13. The minimum absolute atomic E-state index is 0.158. The fourth-order valence-electron chi connectivity index (χ4n) is 2.07. The summed E-state index contributed by atoms with van der Waals surface area (Å²) < 4.78 is 0. The molecule has 0 radical (unpaired) electrons. The van der Waals surface area contributed by atoms with E-state index < -0.39 is 0 Å². The molecular weight excluding hydrogens is 294 g/mol. The lowest BCUT2D eigenvalue weighted by Crippen LogP contribution is -2.23. The number of nitrogens with zero attached hydrogens (tertiary/aromatic N) is 2. The third kappa shape index (κ3) is 3.20. The third-order valence-corrected chi connectivity index (χ3v) is 4.24. The van der Waals surface area contributed by atoms with Gasteiger partial charge in [-0.25, -0.2) is 4.98 Å². The number of carbonyl (C=O) groups excluding carboxylic acids is 1. The van der Waals surface area contributed by atoms with Crippen LogP contribution in [0.3, 0.4) is 0 Å². The van der Waals surface area contributed by atoms with E-state index in [4.69, 9.17) is 0 Å². The van der Waals surface area contributed by atoms with E-state index >= 15 is 0 Å². The van der Waals surface area contributed by atoms with Crippen LogP contribution in [0.25, 0.3) is 10.6 Å². The van der Waals surface area contributed by atoms with Crippen LogP contribution in [0.5, 0.6) is 0 Å². The predicted octanol–water partition coefficient (Wildman–Crippen LogP) is 3.44. The van der Waals surface area contributed by atoms with Crippen LogP contribution < -0.4 is 5.32 Å². The summed E-state index contributed by atoms with van der Waals surface area (Å²) in [6, 6.07) is 11.8. The average molecular weight is 309 g/mol. The van der Waals surface area contributed by atoms with Gasteiger partial charge < -0.3 is 5.32 Å². The van der Waals surface area contributed by atoms with Gasteiger partial charge in [0.05, 0.1) is 0 Å². The van der Waals surface area contributed by atoms with Crippen LogP contribution in [0, 0.1) is 6.92 Å². The molecule has 0 atom stereocenters. The molecule has 0 aliphatic heterocycles. The van der Waals surface area contributed by atoms with Gasteiger partial charge in [-0.2, -0.15) is 0 Å². The number of aryl methyl sites for hydroxylation is 1.